The predicted octanol–water partition coefficient (Wildman–Crippen LogP) is -9.83. The Morgan fingerprint density at radius 1 is 0.246 bits per heavy atom. The van der Waals surface area contributed by atoms with Crippen LogP contribution in [0.25, 0.3) is 0 Å². The van der Waals surface area contributed by atoms with Crippen molar-refractivity contribution >= 4 is 7.82 Å². The van der Waals surface area contributed by atoms with Gasteiger partial charge in [-0.05, 0) is 0 Å². The zero-order chi connectivity index (χ0) is 43.0. The third kappa shape index (κ3) is 34.0. The van der Waals surface area contributed by atoms with Gasteiger partial charge in [0.2, 0.25) is 0 Å². The maximum atomic E-state index is 12.7. The molecule has 0 saturated carbocycles. The molecular formula is H8Mo12O44P-3. The summed E-state index contributed by atoms with van der Waals surface area (Å²) in [6.45, 7) is 0. The molecule has 8 N–H and O–H groups in total. The van der Waals surface area contributed by atoms with Gasteiger partial charge < -0.3 is 21.9 Å². The van der Waals surface area contributed by atoms with Crippen LogP contribution < -0.4 is 11.3 Å². The van der Waals surface area contributed by atoms with E-state index in [9.17, 15) is 97.4 Å². The normalized spacial score (nSPS) is 14.5. The van der Waals surface area contributed by atoms with E-state index in [-0.39, 0.29) is 21.9 Å². The SMILES string of the molecule is O.O.O.O.O=P([O][Mo](=[O])(=[O])[O][Mo](=[O])(=[O])[O][Mo](=[O])(=[O])[O][Mo](=[O])(=[O])[O-])([O][Mo](=[O])(=[O])[O][Mo](=[O])(=[O])[O][Mo](=[O])(=[O])[O][Mo](=[O])(=[O])[O-])[O][Mo](=[O])(=[O])[O][Mo](=[O])(=[O])[O][Mo](=[O])(=[O])[O][Mo](=[O])(=[O])[O-]. The van der Waals surface area contributed by atoms with E-state index in [4.69, 9.17) is 0 Å². The first-order valence-corrected chi connectivity index (χ1v) is 49.5. The second-order valence-corrected chi connectivity index (χ2v) is 55.7. The fourth-order valence-electron chi connectivity index (χ4n) is 1.40. The minimum atomic E-state index is -8.82. The van der Waals surface area contributed by atoms with Gasteiger partial charge in [-0.1, -0.05) is 0 Å². The average Bonchev–Trinajstić information content (AvgIpc) is 2.58. The zero-order valence-corrected chi connectivity index (χ0v) is 48.7. The molecule has 0 atom stereocenters. The molecule has 0 aromatic carbocycles. The third-order valence-electron chi connectivity index (χ3n) is 2.05. The van der Waals surface area contributed by atoms with Gasteiger partial charge >= 0.3 is 334 Å². The molecule has 0 aliphatic rings. The van der Waals surface area contributed by atoms with E-state index < -0.39 is 209 Å². The monoisotopic (exact) mass is 1920 g/mol. The van der Waals surface area contributed by atoms with Crippen LogP contribution in [0.3, 0.4) is 0 Å². The van der Waals surface area contributed by atoms with Crippen LogP contribution in [0.4, 0.5) is 0 Å². The van der Waals surface area contributed by atoms with E-state index in [0.29, 0.717) is 0 Å². The minimum absolute atomic E-state index is 0. The summed E-state index contributed by atoms with van der Waals surface area (Å²) in [4.78, 5) is 0. The van der Waals surface area contributed by atoms with E-state index in [2.05, 4.69) is 27.9 Å². The predicted molar refractivity (Wildman–Crippen MR) is 51.6 cm³/mol. The molecule has 0 saturated heterocycles. The summed E-state index contributed by atoms with van der Waals surface area (Å²) in [7, 11) is -7.94. The maximum absolute atomic E-state index is 12.7. The van der Waals surface area contributed by atoms with E-state index >= 15 is 0 Å². The molecule has 0 bridgehead atoms. The van der Waals surface area contributed by atoms with Gasteiger partial charge in [-0.3, -0.25) is 0 Å². The molecule has 0 radical (unpaired) electrons. The standard InChI is InChI=1S/12Mo.H3O4P.4H2O.36O/c;;;;;;;;;;;;1-5(2,3)4;;;;;;;;;;;;;;;;;;;;;;;;;;;;;;;;;;;;;;;;/h;;;;;;;;;;;;(H3,1,2,3,4);4*1H2;;;;;;;;;;;;;;;;;;;;;;;;;;;;;;;;;;;;/q;;;;;;;;;3*+1;;;;;;;;;;;;;;;;;;;;;;;;;;;;;;;;;;;;;;;3*-1/p-3. The van der Waals surface area contributed by atoms with Gasteiger partial charge in [0.25, 0.3) is 0 Å². The Labute approximate surface area is 349 Å². The zero-order valence-electron chi connectivity index (χ0n) is 23.7. The van der Waals surface area contributed by atoms with Crippen molar-refractivity contribution in [2.45, 2.75) is 0 Å². The molecule has 0 heterocycles. The summed E-state index contributed by atoms with van der Waals surface area (Å²) >= 11 is -98.5. The molecule has 0 rings (SSSR count). The molecule has 0 unspecified atom stereocenters. The van der Waals surface area contributed by atoms with Crippen LogP contribution >= 0.6 is 7.82 Å². The van der Waals surface area contributed by atoms with Gasteiger partial charge in [0.05, 0.1) is 0 Å². The Morgan fingerprint density at radius 3 is 0.509 bits per heavy atom. The number of phosphoric acid groups is 1. The van der Waals surface area contributed by atoms with Gasteiger partial charge in [0.1, 0.15) is 0 Å². The van der Waals surface area contributed by atoms with Crippen molar-refractivity contribution in [3.63, 3.8) is 0 Å². The Morgan fingerprint density at radius 2 is 0.368 bits per heavy atom. The van der Waals surface area contributed by atoms with Crippen LogP contribution in [0.15, 0.2) is 0 Å². The molecule has 352 valence electrons. The molecule has 57 heteroatoms. The fourth-order valence-corrected chi connectivity index (χ4v) is 60.0. The number of rotatable bonds is 24. The number of hydrogen-bond acceptors (Lipinski definition) is 40. The quantitative estimate of drug-likeness (QED) is 0.0640. The van der Waals surface area contributed by atoms with E-state index in [1.807, 2.05) is 0 Å². The van der Waals surface area contributed by atoms with Gasteiger partial charge in [-0.15, -0.1) is 0 Å². The van der Waals surface area contributed by atoms with Crippen molar-refractivity contribution < 1.29 is 348 Å². The summed E-state index contributed by atoms with van der Waals surface area (Å²) in [5, 5.41) is 0. The van der Waals surface area contributed by atoms with Crippen LogP contribution in [0.5, 0.6) is 0 Å². The summed E-state index contributed by atoms with van der Waals surface area (Å²) in [5.41, 5.74) is 0. The number of hydrogen-bond donors (Lipinski definition) is 0. The summed E-state index contributed by atoms with van der Waals surface area (Å²) in [6.07, 6.45) is 0. The molecule has 0 aliphatic carbocycles. The summed E-state index contributed by atoms with van der Waals surface area (Å²) in [5.74, 6) is 0. The summed E-state index contributed by atoms with van der Waals surface area (Å²) < 4.78 is 351. The Kier molecular flexibility index (Phi) is 27.7. The topological polar surface area (TPSA) is 733 Å². The molecular weight excluding hydrogens is 1890 g/mol. The molecule has 0 aromatic rings. The van der Waals surface area contributed by atoms with E-state index in [1.165, 1.54) is 0 Å². The van der Waals surface area contributed by atoms with Crippen molar-refractivity contribution in [2.24, 2.45) is 0 Å². The Balaban J connectivity index is -0.00000225. The van der Waals surface area contributed by atoms with Crippen LogP contribution in [0, 0.1) is 0 Å². The molecule has 0 fully saturated rings. The second-order valence-electron chi connectivity index (χ2n) is 6.18. The molecule has 0 aliphatic heterocycles. The van der Waals surface area contributed by atoms with Crippen molar-refractivity contribution in [3.05, 3.63) is 0 Å². The van der Waals surface area contributed by atoms with Crippen LogP contribution in [0.2, 0.25) is 0 Å². The average molecular weight is 1890 g/mol. The summed E-state index contributed by atoms with van der Waals surface area (Å²) in [6, 6.07) is 0. The molecule has 44 nitrogen and oxygen atoms in total. The van der Waals surface area contributed by atoms with E-state index in [0.717, 1.165) is 0 Å². The molecule has 57 heavy (non-hydrogen) atoms. The molecule has 0 aromatic heterocycles. The fraction of sp³-hybridized carbons (Fsp3) is 0. The van der Waals surface area contributed by atoms with Gasteiger partial charge in [-0.25, -0.2) is 0 Å². The second kappa shape index (κ2) is 22.9. The first-order chi connectivity index (χ1) is 22.5. The Hall–Kier alpha value is 2.93. The van der Waals surface area contributed by atoms with Crippen LogP contribution in [-0.2, 0) is 315 Å². The van der Waals surface area contributed by atoms with Crippen molar-refractivity contribution in [1.29, 1.82) is 0 Å². The van der Waals surface area contributed by atoms with Gasteiger partial charge in [0, 0.05) is 0 Å². The first-order valence-electron chi connectivity index (χ1n) is 8.73. The van der Waals surface area contributed by atoms with Crippen molar-refractivity contribution in [3.8, 4) is 0 Å². The molecule has 0 spiro atoms. The van der Waals surface area contributed by atoms with Crippen LogP contribution in [0.1, 0.15) is 0 Å². The third-order valence-corrected chi connectivity index (χ3v) is 62.2. The van der Waals surface area contributed by atoms with Crippen LogP contribution in [-0.4, -0.2) is 21.9 Å². The van der Waals surface area contributed by atoms with Crippen molar-refractivity contribution in [2.75, 3.05) is 0 Å². The molecule has 0 amide bonds. The van der Waals surface area contributed by atoms with Gasteiger partial charge in [-0.2, -0.15) is 0 Å². The van der Waals surface area contributed by atoms with Gasteiger partial charge in [0.15, 0.2) is 0 Å². The first kappa shape index (κ1) is 69.0. The van der Waals surface area contributed by atoms with E-state index in [1.54, 1.807) is 0 Å². The Bertz CT molecular complexity index is 2510. The van der Waals surface area contributed by atoms with Crippen molar-refractivity contribution in [1.82, 2.24) is 0 Å².